The van der Waals surface area contributed by atoms with Crippen molar-refractivity contribution in [3.63, 3.8) is 0 Å². The molecular weight excluding hydrogens is 176 g/mol. The average molecular weight is 186 g/mol. The van der Waals surface area contributed by atoms with Gasteiger partial charge in [-0.1, -0.05) is 0 Å². The lowest BCUT2D eigenvalue weighted by Gasteiger charge is -1.96. The van der Waals surface area contributed by atoms with Gasteiger partial charge in [-0.2, -0.15) is 0 Å². The van der Waals surface area contributed by atoms with Gasteiger partial charge in [-0.25, -0.2) is 4.98 Å². The van der Waals surface area contributed by atoms with Crippen molar-refractivity contribution in [2.45, 2.75) is 6.54 Å². The third-order valence-electron chi connectivity index (χ3n) is 1.26. The molecule has 0 aliphatic heterocycles. The van der Waals surface area contributed by atoms with Crippen LogP contribution in [0.15, 0.2) is 6.20 Å². The van der Waals surface area contributed by atoms with Crippen LogP contribution < -0.4 is 5.32 Å². The number of aliphatic hydroxyl groups is 1. The van der Waals surface area contributed by atoms with Gasteiger partial charge in [0.2, 0.25) is 0 Å². The number of nitrogens with zero attached hydrogens (tertiary/aromatic N) is 1. The molecule has 0 fully saturated rings. The quantitative estimate of drug-likeness (QED) is 0.503. The summed E-state index contributed by atoms with van der Waals surface area (Å²) in [4.78, 5) is 15.1. The third kappa shape index (κ3) is 2.69. The Kier molecular flexibility index (Phi) is 3.86. The fraction of sp³-hybridized carbons (Fsp3) is 0.429. The van der Waals surface area contributed by atoms with Crippen LogP contribution in [0.2, 0.25) is 0 Å². The number of carbonyl (C=O) groups is 1. The third-order valence-corrected chi connectivity index (χ3v) is 2.18. The lowest BCUT2D eigenvalue weighted by Crippen LogP contribution is -2.16. The molecule has 12 heavy (non-hydrogen) atoms. The van der Waals surface area contributed by atoms with Crippen LogP contribution in [0.4, 0.5) is 0 Å². The van der Waals surface area contributed by atoms with Crippen molar-refractivity contribution < 1.29 is 9.90 Å². The predicted octanol–water partition coefficient (Wildman–Crippen LogP) is 0.0375. The Balaban J connectivity index is 2.36. The molecule has 0 amide bonds. The standard InChI is InChI=1S/C7H10N2O2S/c10-2-1-8-3-6-4-9-7(5-11)12-6/h4-5,8,10H,1-3H2. The number of aldehydes is 1. The number of rotatable bonds is 5. The highest BCUT2D eigenvalue weighted by Gasteiger charge is 1.98. The number of thiazole rings is 1. The molecule has 1 heterocycles. The van der Waals surface area contributed by atoms with Gasteiger partial charge >= 0.3 is 0 Å². The van der Waals surface area contributed by atoms with Gasteiger partial charge in [-0.3, -0.25) is 4.79 Å². The summed E-state index contributed by atoms with van der Waals surface area (Å²) in [5.74, 6) is 0. The summed E-state index contributed by atoms with van der Waals surface area (Å²) >= 11 is 1.36. The van der Waals surface area contributed by atoms with Gasteiger partial charge in [-0.15, -0.1) is 11.3 Å². The molecule has 0 aromatic carbocycles. The molecule has 1 rings (SSSR count). The van der Waals surface area contributed by atoms with E-state index in [1.807, 2.05) is 0 Å². The van der Waals surface area contributed by atoms with Gasteiger partial charge in [0.1, 0.15) is 0 Å². The van der Waals surface area contributed by atoms with E-state index in [1.165, 1.54) is 11.3 Å². The van der Waals surface area contributed by atoms with Crippen molar-refractivity contribution in [2.75, 3.05) is 13.2 Å². The normalized spacial score (nSPS) is 10.1. The zero-order valence-electron chi connectivity index (χ0n) is 6.49. The van der Waals surface area contributed by atoms with Crippen LogP contribution in [0, 0.1) is 0 Å². The molecule has 0 saturated carbocycles. The maximum absolute atomic E-state index is 10.2. The summed E-state index contributed by atoms with van der Waals surface area (Å²) < 4.78 is 0. The molecule has 66 valence electrons. The lowest BCUT2D eigenvalue weighted by atomic mass is 10.5. The van der Waals surface area contributed by atoms with Gasteiger partial charge in [0, 0.05) is 24.2 Å². The largest absolute Gasteiger partial charge is 0.395 e. The molecule has 4 nitrogen and oxygen atoms in total. The van der Waals surface area contributed by atoms with Crippen LogP contribution in [-0.4, -0.2) is 29.5 Å². The molecular formula is C7H10N2O2S. The second kappa shape index (κ2) is 4.97. The van der Waals surface area contributed by atoms with E-state index in [1.54, 1.807) is 6.20 Å². The minimum Gasteiger partial charge on any atom is -0.395 e. The Bertz CT molecular complexity index is 249. The lowest BCUT2D eigenvalue weighted by molar-refractivity contribution is 0.112. The maximum atomic E-state index is 10.2. The van der Waals surface area contributed by atoms with Crippen molar-refractivity contribution in [1.29, 1.82) is 0 Å². The van der Waals surface area contributed by atoms with E-state index in [0.29, 0.717) is 18.1 Å². The molecule has 1 aromatic heterocycles. The Hall–Kier alpha value is -0.780. The van der Waals surface area contributed by atoms with E-state index in [4.69, 9.17) is 5.11 Å². The van der Waals surface area contributed by atoms with E-state index in [-0.39, 0.29) is 6.61 Å². The van der Waals surface area contributed by atoms with Gasteiger partial charge < -0.3 is 10.4 Å². The Morgan fingerprint density at radius 1 is 1.75 bits per heavy atom. The molecule has 1 aromatic rings. The van der Waals surface area contributed by atoms with Crippen LogP contribution in [0.5, 0.6) is 0 Å². The summed E-state index contributed by atoms with van der Waals surface area (Å²) in [6.07, 6.45) is 2.40. The highest BCUT2D eigenvalue weighted by atomic mass is 32.1. The first kappa shape index (κ1) is 9.31. The summed E-state index contributed by atoms with van der Waals surface area (Å²) in [6.45, 7) is 1.35. The number of aliphatic hydroxyl groups excluding tert-OH is 1. The predicted molar refractivity (Wildman–Crippen MR) is 46.3 cm³/mol. The molecule has 0 saturated heterocycles. The first-order valence-electron chi connectivity index (χ1n) is 3.58. The molecule has 5 heteroatoms. The SMILES string of the molecule is O=Cc1ncc(CNCCO)s1. The first-order chi connectivity index (χ1) is 5.86. The Morgan fingerprint density at radius 3 is 3.17 bits per heavy atom. The second-order valence-electron chi connectivity index (χ2n) is 2.18. The summed E-state index contributed by atoms with van der Waals surface area (Å²) in [5, 5.41) is 12.0. The molecule has 0 unspecified atom stereocenters. The van der Waals surface area contributed by atoms with Crippen LogP contribution in [0.3, 0.4) is 0 Å². The molecule has 0 aliphatic carbocycles. The van der Waals surface area contributed by atoms with Gasteiger partial charge in [0.25, 0.3) is 0 Å². The number of carbonyl (C=O) groups excluding carboxylic acids is 1. The van der Waals surface area contributed by atoms with Crippen molar-refractivity contribution in [2.24, 2.45) is 0 Å². The van der Waals surface area contributed by atoms with Crippen molar-refractivity contribution in [3.05, 3.63) is 16.1 Å². The Labute approximate surface area is 74.3 Å². The zero-order chi connectivity index (χ0) is 8.81. The number of aromatic nitrogens is 1. The number of hydrogen-bond acceptors (Lipinski definition) is 5. The molecule has 0 atom stereocenters. The molecule has 0 spiro atoms. The average Bonchev–Trinajstić information content (AvgIpc) is 2.53. The van der Waals surface area contributed by atoms with Crippen LogP contribution >= 0.6 is 11.3 Å². The fourth-order valence-electron chi connectivity index (χ4n) is 0.749. The number of hydrogen-bond donors (Lipinski definition) is 2. The second-order valence-corrected chi connectivity index (χ2v) is 3.33. The summed E-state index contributed by atoms with van der Waals surface area (Å²) in [6, 6.07) is 0. The van der Waals surface area contributed by atoms with Gasteiger partial charge in [0.05, 0.1) is 6.61 Å². The van der Waals surface area contributed by atoms with Crippen molar-refractivity contribution >= 4 is 17.6 Å². The zero-order valence-corrected chi connectivity index (χ0v) is 7.30. The van der Waals surface area contributed by atoms with Crippen LogP contribution in [-0.2, 0) is 6.54 Å². The van der Waals surface area contributed by atoms with E-state index in [2.05, 4.69) is 10.3 Å². The van der Waals surface area contributed by atoms with Crippen LogP contribution in [0.25, 0.3) is 0 Å². The fourth-order valence-corrected chi connectivity index (χ4v) is 1.45. The molecule has 0 bridgehead atoms. The first-order valence-corrected chi connectivity index (χ1v) is 4.40. The molecule has 0 radical (unpaired) electrons. The monoisotopic (exact) mass is 186 g/mol. The van der Waals surface area contributed by atoms with Crippen molar-refractivity contribution in [1.82, 2.24) is 10.3 Å². The number of nitrogens with one attached hydrogen (secondary N) is 1. The molecule has 0 aliphatic rings. The van der Waals surface area contributed by atoms with Crippen molar-refractivity contribution in [3.8, 4) is 0 Å². The van der Waals surface area contributed by atoms with E-state index in [9.17, 15) is 4.79 Å². The minimum atomic E-state index is 0.124. The Morgan fingerprint density at radius 2 is 2.58 bits per heavy atom. The highest BCUT2D eigenvalue weighted by molar-refractivity contribution is 7.13. The summed E-state index contributed by atoms with van der Waals surface area (Å²) in [7, 11) is 0. The van der Waals surface area contributed by atoms with Gasteiger partial charge in [0.15, 0.2) is 11.3 Å². The minimum absolute atomic E-state index is 0.124. The molecule has 2 N–H and O–H groups in total. The topological polar surface area (TPSA) is 62.2 Å². The smallest absolute Gasteiger partial charge is 0.178 e. The summed E-state index contributed by atoms with van der Waals surface area (Å²) in [5.41, 5.74) is 0. The highest BCUT2D eigenvalue weighted by Crippen LogP contribution is 2.09. The van der Waals surface area contributed by atoms with Crippen LogP contribution in [0.1, 0.15) is 14.7 Å². The maximum Gasteiger partial charge on any atom is 0.178 e. The van der Waals surface area contributed by atoms with Gasteiger partial charge in [-0.05, 0) is 0 Å². The van der Waals surface area contributed by atoms with E-state index in [0.717, 1.165) is 11.2 Å². The van der Waals surface area contributed by atoms with E-state index < -0.39 is 0 Å². The van der Waals surface area contributed by atoms with E-state index >= 15 is 0 Å².